The van der Waals surface area contributed by atoms with Crippen LogP contribution in [0.5, 0.6) is 0 Å². The minimum atomic E-state index is -0.565. The number of rotatable bonds is 4. The third-order valence-corrected chi connectivity index (χ3v) is 4.59. The molecule has 118 valence electrons. The van der Waals surface area contributed by atoms with Crippen molar-refractivity contribution in [1.82, 2.24) is 14.8 Å². The molecule has 0 saturated heterocycles. The van der Waals surface area contributed by atoms with Gasteiger partial charge >= 0.3 is 0 Å². The summed E-state index contributed by atoms with van der Waals surface area (Å²) in [5.41, 5.74) is 0.636. The van der Waals surface area contributed by atoms with Crippen molar-refractivity contribution < 1.29 is 5.11 Å². The maximum absolute atomic E-state index is 10.4. The molecule has 1 fully saturated rings. The van der Waals surface area contributed by atoms with E-state index >= 15 is 0 Å². The van der Waals surface area contributed by atoms with E-state index < -0.39 is 5.60 Å². The molecule has 1 aromatic heterocycles. The molecule has 0 amide bonds. The number of halogens is 1. The van der Waals surface area contributed by atoms with Gasteiger partial charge < -0.3 is 19.9 Å². The van der Waals surface area contributed by atoms with Gasteiger partial charge in [-0.2, -0.15) is 0 Å². The largest absolute Gasteiger partial charge is 0.388 e. The van der Waals surface area contributed by atoms with Gasteiger partial charge in [0.1, 0.15) is 0 Å². The molecule has 6 heteroatoms. The zero-order valence-corrected chi connectivity index (χ0v) is 14.7. The van der Waals surface area contributed by atoms with Crippen LogP contribution in [0.1, 0.15) is 31.4 Å². The van der Waals surface area contributed by atoms with Crippen LogP contribution in [0.25, 0.3) is 0 Å². The van der Waals surface area contributed by atoms with Crippen LogP contribution in [0.3, 0.4) is 0 Å². The second-order valence-electron chi connectivity index (χ2n) is 5.95. The van der Waals surface area contributed by atoms with Gasteiger partial charge in [-0.3, -0.25) is 4.99 Å². The molecular formula is C15H25BrN4O. The maximum atomic E-state index is 10.4. The van der Waals surface area contributed by atoms with Gasteiger partial charge in [-0.25, -0.2) is 0 Å². The Morgan fingerprint density at radius 3 is 2.71 bits per heavy atom. The molecule has 0 aliphatic heterocycles. The molecule has 21 heavy (non-hydrogen) atoms. The summed E-state index contributed by atoms with van der Waals surface area (Å²) in [5, 5.41) is 13.7. The highest BCUT2D eigenvalue weighted by atomic mass is 79.9. The van der Waals surface area contributed by atoms with Crippen LogP contribution in [0, 0.1) is 0 Å². The van der Waals surface area contributed by atoms with E-state index in [-0.39, 0.29) is 0 Å². The summed E-state index contributed by atoms with van der Waals surface area (Å²) in [7, 11) is 5.82. The lowest BCUT2D eigenvalue weighted by Crippen LogP contribution is -2.46. The van der Waals surface area contributed by atoms with Crippen molar-refractivity contribution in [2.75, 3.05) is 20.6 Å². The van der Waals surface area contributed by atoms with Crippen LogP contribution in [0.4, 0.5) is 0 Å². The maximum Gasteiger partial charge on any atom is 0.193 e. The molecule has 1 saturated carbocycles. The number of nitrogens with one attached hydrogen (secondary N) is 1. The lowest BCUT2D eigenvalue weighted by Gasteiger charge is -2.27. The molecule has 1 aromatic rings. The third kappa shape index (κ3) is 4.23. The Labute approximate surface area is 135 Å². The molecule has 2 N–H and O–H groups in total. The first-order chi connectivity index (χ1) is 9.93. The quantitative estimate of drug-likeness (QED) is 0.641. The molecule has 0 radical (unpaired) electrons. The van der Waals surface area contributed by atoms with Crippen LogP contribution in [0.15, 0.2) is 21.7 Å². The minimum Gasteiger partial charge on any atom is -0.388 e. The Kier molecular flexibility index (Phi) is 5.32. The van der Waals surface area contributed by atoms with Gasteiger partial charge in [0, 0.05) is 44.1 Å². The molecule has 1 aliphatic carbocycles. The summed E-state index contributed by atoms with van der Waals surface area (Å²) >= 11 is 3.49. The van der Waals surface area contributed by atoms with Gasteiger partial charge in [0.25, 0.3) is 0 Å². The summed E-state index contributed by atoms with van der Waals surface area (Å²) in [6.45, 7) is 1.33. The Morgan fingerprint density at radius 1 is 1.52 bits per heavy atom. The minimum absolute atomic E-state index is 0.565. The third-order valence-electron chi connectivity index (χ3n) is 4.16. The van der Waals surface area contributed by atoms with Crippen molar-refractivity contribution in [3.8, 4) is 0 Å². The number of aromatic nitrogens is 1. The van der Waals surface area contributed by atoms with E-state index in [9.17, 15) is 5.11 Å². The fourth-order valence-corrected chi connectivity index (χ4v) is 3.45. The number of guanidine groups is 1. The van der Waals surface area contributed by atoms with E-state index in [2.05, 4.69) is 41.8 Å². The number of aryl methyl sites for hydroxylation is 1. The topological polar surface area (TPSA) is 52.8 Å². The van der Waals surface area contributed by atoms with Crippen LogP contribution >= 0.6 is 15.9 Å². The molecule has 5 nitrogen and oxygen atoms in total. The van der Waals surface area contributed by atoms with Gasteiger partial charge in [0.2, 0.25) is 0 Å². The predicted molar refractivity (Wildman–Crippen MR) is 89.4 cm³/mol. The van der Waals surface area contributed by atoms with E-state index in [1.54, 1.807) is 7.05 Å². The smallest absolute Gasteiger partial charge is 0.193 e. The van der Waals surface area contributed by atoms with Crippen LogP contribution < -0.4 is 5.32 Å². The van der Waals surface area contributed by atoms with E-state index in [0.29, 0.717) is 6.54 Å². The number of nitrogens with zero attached hydrogens (tertiary/aromatic N) is 3. The van der Waals surface area contributed by atoms with Gasteiger partial charge in [0.05, 0.1) is 12.1 Å². The number of aliphatic imine (C=N–C) groups is 1. The van der Waals surface area contributed by atoms with Crippen LogP contribution in [-0.4, -0.2) is 46.8 Å². The van der Waals surface area contributed by atoms with Gasteiger partial charge in [0.15, 0.2) is 5.96 Å². The zero-order valence-electron chi connectivity index (χ0n) is 13.1. The average molecular weight is 357 g/mol. The lowest BCUT2D eigenvalue weighted by atomic mass is 10.0. The average Bonchev–Trinajstić information content (AvgIpc) is 2.97. The van der Waals surface area contributed by atoms with Crippen molar-refractivity contribution in [2.45, 2.75) is 37.8 Å². The Morgan fingerprint density at radius 2 is 2.19 bits per heavy atom. The van der Waals surface area contributed by atoms with Crippen molar-refractivity contribution in [3.05, 3.63) is 22.4 Å². The first-order valence-electron chi connectivity index (χ1n) is 7.38. The predicted octanol–water partition coefficient (Wildman–Crippen LogP) is 2.10. The highest BCUT2D eigenvalue weighted by molar-refractivity contribution is 9.10. The summed E-state index contributed by atoms with van der Waals surface area (Å²) in [6, 6.07) is 2.11. The molecule has 1 heterocycles. The Balaban J connectivity index is 1.92. The highest BCUT2D eigenvalue weighted by Gasteiger charge is 2.31. The Hall–Kier alpha value is -1.01. The van der Waals surface area contributed by atoms with E-state index in [0.717, 1.165) is 42.7 Å². The fraction of sp³-hybridized carbons (Fsp3) is 0.667. The molecular weight excluding hydrogens is 332 g/mol. The van der Waals surface area contributed by atoms with Crippen molar-refractivity contribution in [2.24, 2.45) is 12.0 Å². The van der Waals surface area contributed by atoms with Gasteiger partial charge in [-0.05, 0) is 34.8 Å². The van der Waals surface area contributed by atoms with E-state index in [1.165, 1.54) is 5.69 Å². The van der Waals surface area contributed by atoms with Crippen molar-refractivity contribution in [1.29, 1.82) is 0 Å². The lowest BCUT2D eigenvalue weighted by molar-refractivity contribution is 0.0516. The van der Waals surface area contributed by atoms with E-state index in [1.807, 2.05) is 20.3 Å². The molecule has 0 aromatic carbocycles. The molecule has 0 unspecified atom stereocenters. The van der Waals surface area contributed by atoms with Crippen LogP contribution in [-0.2, 0) is 13.6 Å². The summed E-state index contributed by atoms with van der Waals surface area (Å²) in [4.78, 5) is 6.38. The van der Waals surface area contributed by atoms with Crippen molar-refractivity contribution in [3.63, 3.8) is 0 Å². The second kappa shape index (κ2) is 6.83. The van der Waals surface area contributed by atoms with Crippen molar-refractivity contribution >= 4 is 21.9 Å². The first kappa shape index (κ1) is 16.4. The number of hydrogen-bond donors (Lipinski definition) is 2. The molecule has 0 bridgehead atoms. The SMILES string of the molecule is CN=C(NCC1(O)CCCC1)N(C)Cc1cc(Br)cn1C. The second-order valence-corrected chi connectivity index (χ2v) is 6.86. The number of hydrogen-bond acceptors (Lipinski definition) is 2. The standard InChI is InChI=1S/C15H25BrN4O/c1-17-14(18-11-15(21)6-4-5-7-15)20(3)10-13-8-12(16)9-19(13)2/h8-9,21H,4-7,10-11H2,1-3H3,(H,17,18). The molecule has 2 rings (SSSR count). The normalized spacial score (nSPS) is 18.0. The molecule has 0 spiro atoms. The van der Waals surface area contributed by atoms with Gasteiger partial charge in [-0.15, -0.1) is 0 Å². The summed E-state index contributed by atoms with van der Waals surface area (Å²) in [5.74, 6) is 0.813. The zero-order chi connectivity index (χ0) is 15.5. The molecule has 0 atom stereocenters. The fourth-order valence-electron chi connectivity index (χ4n) is 2.88. The Bertz CT molecular complexity index is 506. The summed E-state index contributed by atoms with van der Waals surface area (Å²) < 4.78 is 3.18. The molecule has 1 aliphatic rings. The monoisotopic (exact) mass is 356 g/mol. The highest BCUT2D eigenvalue weighted by Crippen LogP contribution is 2.28. The van der Waals surface area contributed by atoms with Crippen LogP contribution in [0.2, 0.25) is 0 Å². The number of aliphatic hydroxyl groups is 1. The van der Waals surface area contributed by atoms with Gasteiger partial charge in [-0.1, -0.05) is 12.8 Å². The first-order valence-corrected chi connectivity index (χ1v) is 8.18. The van der Waals surface area contributed by atoms with E-state index in [4.69, 9.17) is 0 Å². The summed E-state index contributed by atoms with van der Waals surface area (Å²) in [6.07, 6.45) is 6.03.